The summed E-state index contributed by atoms with van der Waals surface area (Å²) >= 11 is 0. The SMILES string of the molecule is C=C(/C=C\C(C)=NC)CN=C(N/C=C/CC)c1cc(-c2ccc(C(=O)NC)cn2)cc(OC)c1C. The first-order valence-corrected chi connectivity index (χ1v) is 11.5. The van der Waals surface area contributed by atoms with Gasteiger partial charge in [-0.2, -0.15) is 0 Å². The smallest absolute Gasteiger partial charge is 0.252 e. The summed E-state index contributed by atoms with van der Waals surface area (Å²) in [7, 11) is 4.99. The van der Waals surface area contributed by atoms with Crippen LogP contribution in [0.25, 0.3) is 11.3 Å². The number of allylic oxidation sites excluding steroid dienone is 2. The summed E-state index contributed by atoms with van der Waals surface area (Å²) in [4.78, 5) is 25.3. The Hall–Kier alpha value is -4.00. The molecule has 184 valence electrons. The highest BCUT2D eigenvalue weighted by atomic mass is 16.5. The number of hydrogen-bond acceptors (Lipinski definition) is 5. The van der Waals surface area contributed by atoms with Crippen LogP contribution >= 0.6 is 0 Å². The molecule has 0 bridgehead atoms. The lowest BCUT2D eigenvalue weighted by Crippen LogP contribution is -2.21. The maximum absolute atomic E-state index is 11.9. The van der Waals surface area contributed by atoms with E-state index in [0.29, 0.717) is 17.9 Å². The molecule has 1 aromatic heterocycles. The van der Waals surface area contributed by atoms with Gasteiger partial charge in [-0.1, -0.05) is 25.7 Å². The van der Waals surface area contributed by atoms with E-state index in [4.69, 9.17) is 9.73 Å². The molecule has 0 radical (unpaired) electrons. The Morgan fingerprint density at radius 2 is 2.03 bits per heavy atom. The van der Waals surface area contributed by atoms with Gasteiger partial charge in [-0.15, -0.1) is 0 Å². The van der Waals surface area contributed by atoms with Crippen LogP contribution in [0.1, 0.15) is 41.8 Å². The molecule has 0 atom stereocenters. The van der Waals surface area contributed by atoms with Crippen molar-refractivity contribution in [1.82, 2.24) is 15.6 Å². The van der Waals surface area contributed by atoms with Crippen LogP contribution in [0.5, 0.6) is 5.75 Å². The Morgan fingerprint density at radius 3 is 2.63 bits per heavy atom. The summed E-state index contributed by atoms with van der Waals surface area (Å²) in [6.07, 6.45) is 10.2. The molecule has 0 aliphatic rings. The van der Waals surface area contributed by atoms with Crippen LogP contribution in [0.2, 0.25) is 0 Å². The molecule has 2 N–H and O–H groups in total. The average Bonchev–Trinajstić information content (AvgIpc) is 2.89. The Kier molecular flexibility index (Phi) is 10.6. The number of nitrogens with zero attached hydrogens (tertiary/aromatic N) is 3. The number of aliphatic imine (C=N–C) groups is 2. The lowest BCUT2D eigenvalue weighted by molar-refractivity contribution is 0.0962. The number of amidine groups is 1. The second-order valence-corrected chi connectivity index (χ2v) is 7.84. The van der Waals surface area contributed by atoms with Gasteiger partial charge in [0.1, 0.15) is 11.6 Å². The molecule has 2 rings (SSSR count). The van der Waals surface area contributed by atoms with Crippen molar-refractivity contribution in [2.45, 2.75) is 27.2 Å². The third-order valence-corrected chi connectivity index (χ3v) is 5.31. The molecule has 0 saturated heterocycles. The standard InChI is InChI=1S/C28H35N5O2/c1-8-9-14-31-27(33-17-19(2)10-11-20(3)29-5)24-15-23(16-26(35-7)21(24)4)25-13-12-22(18-32-25)28(34)30-6/h9-16,18H,2,8,17H2,1,3-7H3,(H,30,34)(H,31,33)/b11-10-,14-9+,29-20?. The second-order valence-electron chi connectivity index (χ2n) is 7.84. The number of carbonyl (C=O) groups is 1. The predicted octanol–water partition coefficient (Wildman–Crippen LogP) is 4.89. The first-order chi connectivity index (χ1) is 16.8. The zero-order valence-electron chi connectivity index (χ0n) is 21.5. The van der Waals surface area contributed by atoms with Crippen LogP contribution in [-0.2, 0) is 0 Å². The molecule has 0 aliphatic carbocycles. The summed E-state index contributed by atoms with van der Waals surface area (Å²) in [5, 5.41) is 5.93. The zero-order chi connectivity index (χ0) is 25.8. The Balaban J connectivity index is 2.51. The molecule has 2 aromatic rings. The van der Waals surface area contributed by atoms with Crippen molar-refractivity contribution < 1.29 is 9.53 Å². The highest BCUT2D eigenvalue weighted by Gasteiger charge is 2.15. The molecule has 0 unspecified atom stereocenters. The van der Waals surface area contributed by atoms with E-state index in [9.17, 15) is 4.79 Å². The quantitative estimate of drug-likeness (QED) is 0.292. The first-order valence-electron chi connectivity index (χ1n) is 11.5. The molecule has 0 saturated carbocycles. The monoisotopic (exact) mass is 473 g/mol. The van der Waals surface area contributed by atoms with Gasteiger partial charge < -0.3 is 15.4 Å². The normalized spacial score (nSPS) is 12.3. The first kappa shape index (κ1) is 27.2. The lowest BCUT2D eigenvalue weighted by Gasteiger charge is -2.16. The van der Waals surface area contributed by atoms with Crippen molar-refractivity contribution in [3.63, 3.8) is 0 Å². The number of hydrogen-bond donors (Lipinski definition) is 2. The van der Waals surface area contributed by atoms with Crippen LogP contribution in [0.4, 0.5) is 0 Å². The van der Waals surface area contributed by atoms with Crippen LogP contribution in [0.3, 0.4) is 0 Å². The third-order valence-electron chi connectivity index (χ3n) is 5.31. The van der Waals surface area contributed by atoms with Crippen LogP contribution in [0, 0.1) is 6.92 Å². The number of carbonyl (C=O) groups excluding carboxylic acids is 1. The molecule has 0 fully saturated rings. The van der Waals surface area contributed by atoms with E-state index in [1.165, 1.54) is 0 Å². The zero-order valence-corrected chi connectivity index (χ0v) is 21.5. The summed E-state index contributed by atoms with van der Waals surface area (Å²) in [6, 6.07) is 7.54. The third kappa shape index (κ3) is 7.78. The molecule has 7 heteroatoms. The minimum atomic E-state index is -0.178. The van der Waals surface area contributed by atoms with E-state index in [0.717, 1.165) is 45.8 Å². The number of ether oxygens (including phenoxy) is 1. The summed E-state index contributed by atoms with van der Waals surface area (Å²) in [5.74, 6) is 1.24. The molecule has 0 aliphatic heterocycles. The van der Waals surface area contributed by atoms with Crippen molar-refractivity contribution in [2.24, 2.45) is 9.98 Å². The van der Waals surface area contributed by atoms with Gasteiger partial charge in [-0.05, 0) is 62.4 Å². The van der Waals surface area contributed by atoms with E-state index < -0.39 is 0 Å². The van der Waals surface area contributed by atoms with Gasteiger partial charge in [-0.3, -0.25) is 19.8 Å². The summed E-state index contributed by atoms with van der Waals surface area (Å²) in [5.41, 5.74) is 5.70. The molecule has 0 spiro atoms. The fourth-order valence-electron chi connectivity index (χ4n) is 3.15. The van der Waals surface area contributed by atoms with Gasteiger partial charge in [0.15, 0.2) is 0 Å². The van der Waals surface area contributed by atoms with Crippen LogP contribution < -0.4 is 15.4 Å². The number of methoxy groups -OCH3 is 1. The number of nitrogens with one attached hydrogen (secondary N) is 2. The number of amides is 1. The Bertz CT molecular complexity index is 1160. The highest BCUT2D eigenvalue weighted by molar-refractivity contribution is 6.02. The van der Waals surface area contributed by atoms with Crippen LogP contribution in [0.15, 0.2) is 77.0 Å². The number of rotatable bonds is 10. The van der Waals surface area contributed by atoms with E-state index in [-0.39, 0.29) is 5.91 Å². The van der Waals surface area contributed by atoms with Gasteiger partial charge in [0, 0.05) is 42.7 Å². The van der Waals surface area contributed by atoms with Crippen LogP contribution in [-0.4, -0.2) is 50.2 Å². The van der Waals surface area contributed by atoms with Crippen molar-refractivity contribution in [2.75, 3.05) is 27.7 Å². The molecule has 1 heterocycles. The number of aromatic nitrogens is 1. The van der Waals surface area contributed by atoms with Gasteiger partial charge in [0.25, 0.3) is 5.91 Å². The fraction of sp³-hybridized carbons (Fsp3) is 0.286. The number of benzene rings is 1. The summed E-state index contributed by atoms with van der Waals surface area (Å²) in [6.45, 7) is 10.5. The van der Waals surface area contributed by atoms with Crippen molar-refractivity contribution >= 4 is 17.5 Å². The minimum Gasteiger partial charge on any atom is -0.496 e. The summed E-state index contributed by atoms with van der Waals surface area (Å²) < 4.78 is 5.67. The average molecular weight is 474 g/mol. The van der Waals surface area contributed by atoms with Gasteiger partial charge in [0.2, 0.25) is 0 Å². The van der Waals surface area contributed by atoms with Crippen molar-refractivity contribution in [3.8, 4) is 17.0 Å². The topological polar surface area (TPSA) is 88.0 Å². The fourth-order valence-corrected chi connectivity index (χ4v) is 3.15. The molecule has 1 aromatic carbocycles. The Labute approximate surface area is 208 Å². The van der Waals surface area contributed by atoms with Gasteiger partial charge >= 0.3 is 0 Å². The van der Waals surface area contributed by atoms with E-state index >= 15 is 0 Å². The number of pyridine rings is 1. The highest BCUT2D eigenvalue weighted by Crippen LogP contribution is 2.29. The van der Waals surface area contributed by atoms with Crippen molar-refractivity contribution in [3.05, 3.63) is 83.7 Å². The Morgan fingerprint density at radius 1 is 1.26 bits per heavy atom. The van der Waals surface area contributed by atoms with E-state index in [1.54, 1.807) is 33.5 Å². The van der Waals surface area contributed by atoms with Gasteiger partial charge in [-0.25, -0.2) is 0 Å². The van der Waals surface area contributed by atoms with Crippen molar-refractivity contribution in [1.29, 1.82) is 0 Å². The van der Waals surface area contributed by atoms with E-state index in [2.05, 4.69) is 34.1 Å². The maximum atomic E-state index is 11.9. The molecular formula is C28H35N5O2. The minimum absolute atomic E-state index is 0.178. The van der Waals surface area contributed by atoms with E-state index in [1.807, 2.05) is 56.5 Å². The molecular weight excluding hydrogens is 438 g/mol. The van der Waals surface area contributed by atoms with Gasteiger partial charge in [0.05, 0.1) is 24.9 Å². The molecule has 7 nitrogen and oxygen atoms in total. The second kappa shape index (κ2) is 13.6. The largest absolute Gasteiger partial charge is 0.496 e. The molecule has 1 amide bonds. The predicted molar refractivity (Wildman–Crippen MR) is 146 cm³/mol. The lowest BCUT2D eigenvalue weighted by atomic mass is 10.00. The molecule has 35 heavy (non-hydrogen) atoms. The maximum Gasteiger partial charge on any atom is 0.252 e.